The Hall–Kier alpha value is -1.89. The molecule has 8 heteroatoms. The number of aliphatic carboxylic acids is 1. The molecule has 1 aromatic carbocycles. The highest BCUT2D eigenvalue weighted by Gasteiger charge is 2.24. The Morgan fingerprint density at radius 2 is 2.15 bits per heavy atom. The van der Waals surface area contributed by atoms with Crippen molar-refractivity contribution in [2.75, 3.05) is 18.0 Å². The molecule has 20 heavy (non-hydrogen) atoms. The Labute approximate surface area is 119 Å². The van der Waals surface area contributed by atoms with E-state index in [1.165, 1.54) is 4.90 Å². The number of carboxylic acids is 1. The quantitative estimate of drug-likeness (QED) is 0.645. The molecule has 6 nitrogen and oxygen atoms in total. The Morgan fingerprint density at radius 1 is 1.55 bits per heavy atom. The summed E-state index contributed by atoms with van der Waals surface area (Å²) in [5.41, 5.74) is -0.508. The predicted molar refractivity (Wildman–Crippen MR) is 72.8 cm³/mol. The molecule has 0 aliphatic carbocycles. The van der Waals surface area contributed by atoms with Gasteiger partial charge in [0, 0.05) is 18.7 Å². The van der Waals surface area contributed by atoms with E-state index in [0.717, 1.165) is 12.1 Å². The van der Waals surface area contributed by atoms with E-state index in [0.29, 0.717) is 0 Å². The summed E-state index contributed by atoms with van der Waals surface area (Å²) < 4.78 is 13.5. The fraction of sp³-hybridized carbons (Fsp3) is 0.417. The van der Waals surface area contributed by atoms with Gasteiger partial charge >= 0.3 is 5.97 Å². The van der Waals surface area contributed by atoms with E-state index < -0.39 is 28.9 Å². The molecule has 0 bridgehead atoms. The average molecular weight is 305 g/mol. The van der Waals surface area contributed by atoms with Gasteiger partial charge < -0.3 is 10.0 Å². The number of nitrogens with zero attached hydrogens (tertiary/aromatic N) is 2. The summed E-state index contributed by atoms with van der Waals surface area (Å²) in [7, 11) is 0. The maximum Gasteiger partial charge on any atom is 0.323 e. The zero-order chi connectivity index (χ0) is 15.4. The van der Waals surface area contributed by atoms with E-state index in [9.17, 15) is 19.3 Å². The van der Waals surface area contributed by atoms with Gasteiger partial charge in [-0.05, 0) is 5.92 Å². The van der Waals surface area contributed by atoms with Crippen LogP contribution in [0.25, 0.3) is 0 Å². The third-order valence-electron chi connectivity index (χ3n) is 2.47. The van der Waals surface area contributed by atoms with Crippen LogP contribution in [-0.4, -0.2) is 29.1 Å². The van der Waals surface area contributed by atoms with Crippen molar-refractivity contribution < 1.29 is 19.2 Å². The number of hydrogen-bond donors (Lipinski definition) is 1. The minimum Gasteiger partial charge on any atom is -0.480 e. The van der Waals surface area contributed by atoms with Crippen molar-refractivity contribution in [3.63, 3.8) is 0 Å². The van der Waals surface area contributed by atoms with Crippen molar-refractivity contribution in [3.05, 3.63) is 33.1 Å². The SMILES string of the molecule is CC(C)CN(CC(=O)O)c1cc(F)c(Cl)cc1[N+](=O)[O-]. The molecule has 0 aliphatic heterocycles. The highest BCUT2D eigenvalue weighted by Crippen LogP contribution is 2.33. The van der Waals surface area contributed by atoms with Crippen LogP contribution in [0.1, 0.15) is 13.8 Å². The Kier molecular flexibility index (Phi) is 5.26. The first-order chi connectivity index (χ1) is 9.22. The number of benzene rings is 1. The van der Waals surface area contributed by atoms with E-state index in [4.69, 9.17) is 16.7 Å². The van der Waals surface area contributed by atoms with Crippen molar-refractivity contribution >= 4 is 28.9 Å². The third kappa shape index (κ3) is 4.06. The summed E-state index contributed by atoms with van der Waals surface area (Å²) in [5.74, 6) is -1.94. The molecular formula is C12H14ClFN2O4. The topological polar surface area (TPSA) is 83.7 Å². The molecule has 1 N–H and O–H groups in total. The van der Waals surface area contributed by atoms with E-state index >= 15 is 0 Å². The van der Waals surface area contributed by atoms with Gasteiger partial charge in [0.05, 0.1) is 9.95 Å². The molecule has 0 fully saturated rings. The van der Waals surface area contributed by atoms with Gasteiger partial charge in [0.1, 0.15) is 18.0 Å². The molecule has 0 heterocycles. The van der Waals surface area contributed by atoms with E-state index in [2.05, 4.69) is 0 Å². The molecule has 1 rings (SSSR count). The van der Waals surface area contributed by atoms with Crippen LogP contribution in [0.3, 0.4) is 0 Å². The van der Waals surface area contributed by atoms with Crippen molar-refractivity contribution in [2.24, 2.45) is 5.92 Å². The number of nitro groups is 1. The number of carboxylic acid groups (broad SMARTS) is 1. The maximum atomic E-state index is 13.5. The van der Waals surface area contributed by atoms with Crippen LogP contribution in [0.5, 0.6) is 0 Å². The summed E-state index contributed by atoms with van der Waals surface area (Å²) in [4.78, 5) is 22.4. The second kappa shape index (κ2) is 6.51. The number of carbonyl (C=O) groups is 1. The second-order valence-electron chi connectivity index (χ2n) is 4.68. The molecule has 0 unspecified atom stereocenters. The van der Waals surface area contributed by atoms with Crippen LogP contribution in [-0.2, 0) is 4.79 Å². The first-order valence-corrected chi connectivity index (χ1v) is 6.20. The lowest BCUT2D eigenvalue weighted by atomic mass is 10.1. The van der Waals surface area contributed by atoms with Crippen LogP contribution in [0.15, 0.2) is 12.1 Å². The smallest absolute Gasteiger partial charge is 0.323 e. The normalized spacial score (nSPS) is 10.7. The first kappa shape index (κ1) is 16.2. The van der Waals surface area contributed by atoms with E-state index in [-0.39, 0.29) is 23.2 Å². The fourth-order valence-electron chi connectivity index (χ4n) is 1.78. The minimum absolute atomic E-state index is 0.0488. The second-order valence-corrected chi connectivity index (χ2v) is 5.09. The standard InChI is InChI=1S/C12H14ClFN2O4/c1-7(2)5-15(6-12(17)18)10-4-9(14)8(13)3-11(10)16(19)20/h3-4,7H,5-6H2,1-2H3,(H,17,18). The predicted octanol–water partition coefficient (Wildman–Crippen LogP) is 2.93. The van der Waals surface area contributed by atoms with Crippen molar-refractivity contribution in [1.82, 2.24) is 0 Å². The monoisotopic (exact) mass is 304 g/mol. The summed E-state index contributed by atoms with van der Waals surface area (Å²) in [6, 6.07) is 1.78. The van der Waals surface area contributed by atoms with Gasteiger partial charge in [0.2, 0.25) is 0 Å². The molecule has 0 aromatic heterocycles. The lowest BCUT2D eigenvalue weighted by Crippen LogP contribution is -2.33. The van der Waals surface area contributed by atoms with Gasteiger partial charge in [0.25, 0.3) is 5.69 Å². The van der Waals surface area contributed by atoms with Crippen molar-refractivity contribution in [1.29, 1.82) is 0 Å². The first-order valence-electron chi connectivity index (χ1n) is 5.82. The summed E-state index contributed by atoms with van der Waals surface area (Å²) in [5, 5.41) is 19.5. The Balaban J connectivity index is 3.33. The molecule has 0 atom stereocenters. The van der Waals surface area contributed by atoms with Gasteiger partial charge in [-0.1, -0.05) is 25.4 Å². The molecule has 110 valence electrons. The summed E-state index contributed by atoms with van der Waals surface area (Å²) in [6.07, 6.45) is 0. The van der Waals surface area contributed by atoms with Crippen LogP contribution in [0.2, 0.25) is 5.02 Å². The van der Waals surface area contributed by atoms with Gasteiger partial charge in [-0.25, -0.2) is 4.39 Å². The lowest BCUT2D eigenvalue weighted by Gasteiger charge is -2.24. The van der Waals surface area contributed by atoms with Crippen LogP contribution < -0.4 is 4.90 Å². The largest absolute Gasteiger partial charge is 0.480 e. The highest BCUT2D eigenvalue weighted by atomic mass is 35.5. The number of anilines is 1. The van der Waals surface area contributed by atoms with E-state index in [1.54, 1.807) is 0 Å². The summed E-state index contributed by atoms with van der Waals surface area (Å²) >= 11 is 5.53. The number of rotatable bonds is 6. The lowest BCUT2D eigenvalue weighted by molar-refractivity contribution is -0.384. The molecule has 0 aliphatic rings. The zero-order valence-electron chi connectivity index (χ0n) is 11.0. The summed E-state index contributed by atoms with van der Waals surface area (Å²) in [6.45, 7) is 3.44. The average Bonchev–Trinajstić information content (AvgIpc) is 2.29. The molecule has 0 radical (unpaired) electrons. The third-order valence-corrected chi connectivity index (χ3v) is 2.76. The Bertz CT molecular complexity index is 536. The van der Waals surface area contributed by atoms with Gasteiger partial charge in [-0.3, -0.25) is 14.9 Å². The number of hydrogen-bond acceptors (Lipinski definition) is 4. The van der Waals surface area contributed by atoms with Gasteiger partial charge in [-0.2, -0.15) is 0 Å². The van der Waals surface area contributed by atoms with Crippen LogP contribution >= 0.6 is 11.6 Å². The fourth-order valence-corrected chi connectivity index (χ4v) is 1.94. The maximum absolute atomic E-state index is 13.5. The van der Waals surface area contributed by atoms with Crippen LogP contribution in [0.4, 0.5) is 15.8 Å². The van der Waals surface area contributed by atoms with Crippen molar-refractivity contribution in [2.45, 2.75) is 13.8 Å². The molecule has 0 saturated carbocycles. The highest BCUT2D eigenvalue weighted by molar-refractivity contribution is 6.31. The molecule has 1 aromatic rings. The Morgan fingerprint density at radius 3 is 2.60 bits per heavy atom. The minimum atomic E-state index is -1.16. The van der Waals surface area contributed by atoms with Crippen LogP contribution in [0, 0.1) is 21.8 Å². The molecule has 0 amide bonds. The molecule has 0 saturated heterocycles. The molecular weight excluding hydrogens is 291 g/mol. The number of nitro benzene ring substituents is 1. The zero-order valence-corrected chi connectivity index (χ0v) is 11.7. The van der Waals surface area contributed by atoms with Gasteiger partial charge in [0.15, 0.2) is 0 Å². The molecule has 0 spiro atoms. The van der Waals surface area contributed by atoms with Crippen molar-refractivity contribution in [3.8, 4) is 0 Å². The van der Waals surface area contributed by atoms with E-state index in [1.807, 2.05) is 13.8 Å². The number of halogens is 2. The van der Waals surface area contributed by atoms with Gasteiger partial charge in [-0.15, -0.1) is 0 Å².